The van der Waals surface area contributed by atoms with Gasteiger partial charge in [-0.15, -0.1) is 0 Å². The minimum absolute atomic E-state index is 0.173. The summed E-state index contributed by atoms with van der Waals surface area (Å²) in [5, 5.41) is 8.98. The molecule has 0 saturated carbocycles. The zero-order valence-electron chi connectivity index (χ0n) is 15.5. The Labute approximate surface area is 155 Å². The second kappa shape index (κ2) is 10.8. The molecule has 0 spiro atoms. The predicted octanol–water partition coefficient (Wildman–Crippen LogP) is -0.922. The van der Waals surface area contributed by atoms with Crippen molar-refractivity contribution in [3.8, 4) is 0 Å². The smallest absolute Gasteiger partial charge is 0.303 e. The molecule has 0 bridgehead atoms. The summed E-state index contributed by atoms with van der Waals surface area (Å²) in [6, 6.07) is 0. The SMILES string of the molecule is CC(=O)OCC1OC(OCCO)C(OC(C)=O)C(OC(C)=O)[C@@H]1OC(C)=O. The van der Waals surface area contributed by atoms with Crippen LogP contribution in [0.15, 0.2) is 0 Å². The number of aliphatic hydroxyl groups excluding tert-OH is 1. The Kier molecular flexibility index (Phi) is 9.12. The average Bonchev–Trinajstić information content (AvgIpc) is 2.54. The van der Waals surface area contributed by atoms with Crippen molar-refractivity contribution in [1.82, 2.24) is 0 Å². The number of esters is 4. The summed E-state index contributed by atoms with van der Waals surface area (Å²) in [5.74, 6) is -2.79. The molecule has 1 fully saturated rings. The highest BCUT2D eigenvalue weighted by Crippen LogP contribution is 2.29. The highest BCUT2D eigenvalue weighted by atomic mass is 16.7. The summed E-state index contributed by atoms with van der Waals surface area (Å²) in [7, 11) is 0. The van der Waals surface area contributed by atoms with E-state index >= 15 is 0 Å². The second-order valence-corrected chi connectivity index (χ2v) is 5.66. The third-order valence-electron chi connectivity index (χ3n) is 3.32. The molecule has 11 nitrogen and oxygen atoms in total. The first-order valence-electron chi connectivity index (χ1n) is 8.18. The standard InChI is InChI=1S/C16H24O11/c1-8(18)23-7-12-13(24-9(2)19)14(25-10(3)20)15(26-11(4)21)16(27-12)22-6-5-17/h12-17H,5-7H2,1-4H3/t12?,13-,14?,15?,16?/m1/s1. The van der Waals surface area contributed by atoms with Crippen molar-refractivity contribution in [1.29, 1.82) is 0 Å². The molecule has 1 aliphatic rings. The lowest BCUT2D eigenvalue weighted by Crippen LogP contribution is -2.63. The maximum Gasteiger partial charge on any atom is 0.303 e. The molecule has 0 aromatic rings. The van der Waals surface area contributed by atoms with Gasteiger partial charge < -0.3 is 33.5 Å². The summed E-state index contributed by atoms with van der Waals surface area (Å²) in [5.41, 5.74) is 0. The van der Waals surface area contributed by atoms with E-state index in [1.807, 2.05) is 0 Å². The van der Waals surface area contributed by atoms with Gasteiger partial charge in [0.05, 0.1) is 13.2 Å². The van der Waals surface area contributed by atoms with Gasteiger partial charge in [-0.1, -0.05) is 0 Å². The Balaban J connectivity index is 3.22. The van der Waals surface area contributed by atoms with Gasteiger partial charge in [0.25, 0.3) is 0 Å². The van der Waals surface area contributed by atoms with Gasteiger partial charge in [0.15, 0.2) is 24.6 Å². The van der Waals surface area contributed by atoms with Gasteiger partial charge in [0.1, 0.15) is 12.7 Å². The van der Waals surface area contributed by atoms with Crippen LogP contribution < -0.4 is 0 Å². The van der Waals surface area contributed by atoms with Crippen LogP contribution in [0.2, 0.25) is 0 Å². The summed E-state index contributed by atoms with van der Waals surface area (Å²) >= 11 is 0. The average molecular weight is 392 g/mol. The summed E-state index contributed by atoms with van der Waals surface area (Å²) in [6.07, 6.45) is -6.14. The normalized spacial score (nSPS) is 27.4. The van der Waals surface area contributed by atoms with E-state index in [1.165, 1.54) is 6.92 Å². The number of aliphatic hydroxyl groups is 1. The van der Waals surface area contributed by atoms with Crippen molar-refractivity contribution >= 4 is 23.9 Å². The molecular weight excluding hydrogens is 368 g/mol. The number of hydrogen-bond acceptors (Lipinski definition) is 11. The largest absolute Gasteiger partial charge is 0.463 e. The first-order valence-corrected chi connectivity index (χ1v) is 8.18. The van der Waals surface area contributed by atoms with Gasteiger partial charge in [0, 0.05) is 27.7 Å². The van der Waals surface area contributed by atoms with E-state index in [0.717, 1.165) is 20.8 Å². The number of carbonyl (C=O) groups excluding carboxylic acids is 4. The van der Waals surface area contributed by atoms with Crippen LogP contribution in [0.5, 0.6) is 0 Å². The van der Waals surface area contributed by atoms with E-state index in [0.29, 0.717) is 0 Å². The Morgan fingerprint density at radius 2 is 1.33 bits per heavy atom. The number of ether oxygens (including phenoxy) is 6. The molecule has 0 aliphatic carbocycles. The molecular formula is C16H24O11. The van der Waals surface area contributed by atoms with E-state index in [-0.39, 0.29) is 19.8 Å². The molecule has 0 radical (unpaired) electrons. The van der Waals surface area contributed by atoms with Crippen LogP contribution in [-0.4, -0.2) is 79.5 Å². The van der Waals surface area contributed by atoms with Crippen LogP contribution in [0.25, 0.3) is 0 Å². The van der Waals surface area contributed by atoms with E-state index < -0.39 is 54.6 Å². The molecule has 0 aromatic carbocycles. The van der Waals surface area contributed by atoms with Crippen molar-refractivity contribution in [2.24, 2.45) is 0 Å². The molecule has 1 N–H and O–H groups in total. The van der Waals surface area contributed by atoms with Crippen molar-refractivity contribution in [3.63, 3.8) is 0 Å². The topological polar surface area (TPSA) is 144 Å². The van der Waals surface area contributed by atoms with Crippen LogP contribution in [0, 0.1) is 0 Å². The van der Waals surface area contributed by atoms with E-state index in [4.69, 9.17) is 33.5 Å². The van der Waals surface area contributed by atoms with E-state index in [9.17, 15) is 19.2 Å². The van der Waals surface area contributed by atoms with Crippen LogP contribution in [0.4, 0.5) is 0 Å². The van der Waals surface area contributed by atoms with Gasteiger partial charge in [-0.2, -0.15) is 0 Å². The Bertz CT molecular complexity index is 546. The van der Waals surface area contributed by atoms with Crippen molar-refractivity contribution in [3.05, 3.63) is 0 Å². The van der Waals surface area contributed by atoms with E-state index in [2.05, 4.69) is 0 Å². The second-order valence-electron chi connectivity index (χ2n) is 5.66. The molecule has 4 unspecified atom stereocenters. The molecule has 27 heavy (non-hydrogen) atoms. The number of rotatable bonds is 8. The molecule has 11 heteroatoms. The first kappa shape index (κ1) is 22.8. The molecule has 0 amide bonds. The fourth-order valence-electron chi connectivity index (χ4n) is 2.49. The fraction of sp³-hybridized carbons (Fsp3) is 0.750. The molecule has 1 aliphatic heterocycles. The van der Waals surface area contributed by atoms with E-state index in [1.54, 1.807) is 0 Å². The highest BCUT2D eigenvalue weighted by molar-refractivity contribution is 5.68. The molecule has 154 valence electrons. The van der Waals surface area contributed by atoms with Crippen molar-refractivity contribution in [2.75, 3.05) is 19.8 Å². The van der Waals surface area contributed by atoms with Crippen LogP contribution in [0.3, 0.4) is 0 Å². The lowest BCUT2D eigenvalue weighted by atomic mass is 9.98. The molecule has 1 rings (SSSR count). The Morgan fingerprint density at radius 1 is 0.815 bits per heavy atom. The summed E-state index contributed by atoms with van der Waals surface area (Å²) < 4.78 is 31.4. The van der Waals surface area contributed by atoms with Crippen LogP contribution in [-0.2, 0) is 47.6 Å². The maximum atomic E-state index is 11.6. The minimum atomic E-state index is -1.28. The predicted molar refractivity (Wildman–Crippen MR) is 85.0 cm³/mol. The van der Waals surface area contributed by atoms with Gasteiger partial charge in [-0.3, -0.25) is 19.2 Å². The van der Waals surface area contributed by atoms with Crippen LogP contribution >= 0.6 is 0 Å². The molecule has 1 saturated heterocycles. The zero-order valence-corrected chi connectivity index (χ0v) is 15.5. The van der Waals surface area contributed by atoms with Gasteiger partial charge in [-0.25, -0.2) is 0 Å². The highest BCUT2D eigenvalue weighted by Gasteiger charge is 2.52. The Hall–Kier alpha value is -2.24. The molecule has 0 aromatic heterocycles. The lowest BCUT2D eigenvalue weighted by Gasteiger charge is -2.43. The first-order chi connectivity index (χ1) is 12.6. The number of carbonyl (C=O) groups is 4. The fourth-order valence-corrected chi connectivity index (χ4v) is 2.49. The van der Waals surface area contributed by atoms with Crippen molar-refractivity contribution < 1.29 is 52.7 Å². The molecule has 5 atom stereocenters. The third kappa shape index (κ3) is 7.49. The molecule has 1 heterocycles. The minimum Gasteiger partial charge on any atom is -0.463 e. The lowest BCUT2D eigenvalue weighted by molar-refractivity contribution is -0.308. The maximum absolute atomic E-state index is 11.6. The monoisotopic (exact) mass is 392 g/mol. The Morgan fingerprint density at radius 3 is 1.81 bits per heavy atom. The summed E-state index contributed by atoms with van der Waals surface area (Å²) in [6.45, 7) is 3.68. The summed E-state index contributed by atoms with van der Waals surface area (Å²) in [4.78, 5) is 45.7. The number of hydrogen-bond donors (Lipinski definition) is 1. The van der Waals surface area contributed by atoms with Crippen molar-refractivity contribution in [2.45, 2.75) is 58.4 Å². The van der Waals surface area contributed by atoms with Crippen LogP contribution in [0.1, 0.15) is 27.7 Å². The zero-order chi connectivity index (χ0) is 20.6. The van der Waals surface area contributed by atoms with Gasteiger partial charge >= 0.3 is 23.9 Å². The quantitative estimate of drug-likeness (QED) is 0.404. The van der Waals surface area contributed by atoms with Gasteiger partial charge in [0.2, 0.25) is 0 Å². The third-order valence-corrected chi connectivity index (χ3v) is 3.32. The van der Waals surface area contributed by atoms with Gasteiger partial charge in [-0.05, 0) is 0 Å².